The number of hydrogen-bond donors (Lipinski definition) is 4. The van der Waals surface area contributed by atoms with E-state index in [2.05, 4.69) is 24.3 Å². The molecule has 6 nitrogen and oxygen atoms in total. The lowest BCUT2D eigenvalue weighted by Crippen LogP contribution is -3.00. The molecule has 0 aliphatic heterocycles. The highest BCUT2D eigenvalue weighted by Crippen LogP contribution is 2.17. The minimum Gasteiger partial charge on any atom is -1.00 e. The summed E-state index contributed by atoms with van der Waals surface area (Å²) < 4.78 is 4.04. The molecule has 0 saturated heterocycles. The SMILES string of the molecule is N=C(N)c1ccc(-[n+]2ccc(-c3cc[n+](-c4ccc(C(=N)N)cc4)cc3)cc2)cc1.[Cl-].[Cl-]. The van der Waals surface area contributed by atoms with Gasteiger partial charge >= 0.3 is 0 Å². The van der Waals surface area contributed by atoms with Crippen LogP contribution < -0.4 is 45.4 Å². The second kappa shape index (κ2) is 10.5. The average Bonchev–Trinajstić information content (AvgIpc) is 2.79. The maximum atomic E-state index is 7.49. The average molecular weight is 465 g/mol. The molecule has 0 unspecified atom stereocenters. The first kappa shape index (κ1) is 24.5. The molecule has 32 heavy (non-hydrogen) atoms. The Morgan fingerprint density at radius 3 is 1.03 bits per heavy atom. The first-order valence-electron chi connectivity index (χ1n) is 9.44. The summed E-state index contributed by atoms with van der Waals surface area (Å²) in [5.74, 6) is 0.135. The highest BCUT2D eigenvalue weighted by Gasteiger charge is 2.10. The van der Waals surface area contributed by atoms with Crippen molar-refractivity contribution in [3.05, 3.63) is 109 Å². The van der Waals surface area contributed by atoms with Crippen LogP contribution in [0.4, 0.5) is 0 Å². The van der Waals surface area contributed by atoms with E-state index in [1.807, 2.05) is 82.5 Å². The number of nitrogen functional groups attached to an aromatic ring is 2. The van der Waals surface area contributed by atoms with Gasteiger partial charge in [-0.2, -0.15) is 9.13 Å². The van der Waals surface area contributed by atoms with Crippen molar-refractivity contribution in [1.29, 1.82) is 10.8 Å². The Kier molecular flexibility index (Phi) is 8.07. The molecular formula is C24H22Cl2N6. The zero-order chi connectivity index (χ0) is 21.1. The van der Waals surface area contributed by atoms with E-state index in [0.717, 1.165) is 22.5 Å². The van der Waals surface area contributed by atoms with Crippen LogP contribution in [-0.4, -0.2) is 11.7 Å². The van der Waals surface area contributed by atoms with Crippen molar-refractivity contribution in [3.63, 3.8) is 0 Å². The summed E-state index contributed by atoms with van der Waals surface area (Å²) in [5, 5.41) is 15.0. The van der Waals surface area contributed by atoms with Crippen LogP contribution in [0.25, 0.3) is 22.5 Å². The van der Waals surface area contributed by atoms with E-state index in [4.69, 9.17) is 22.3 Å². The molecule has 0 aliphatic rings. The van der Waals surface area contributed by atoms with Crippen LogP contribution in [0.2, 0.25) is 0 Å². The second-order valence-electron chi connectivity index (χ2n) is 6.91. The molecule has 0 saturated carbocycles. The molecule has 2 heterocycles. The minimum absolute atomic E-state index is 0. The normalized spacial score (nSPS) is 9.88. The van der Waals surface area contributed by atoms with E-state index < -0.39 is 0 Å². The van der Waals surface area contributed by atoms with Crippen LogP contribution in [0.3, 0.4) is 0 Å². The second-order valence-corrected chi connectivity index (χ2v) is 6.91. The molecule has 0 spiro atoms. The number of pyridine rings is 2. The van der Waals surface area contributed by atoms with Crippen molar-refractivity contribution in [1.82, 2.24) is 0 Å². The van der Waals surface area contributed by atoms with Gasteiger partial charge in [-0.15, -0.1) is 0 Å². The maximum absolute atomic E-state index is 7.49. The minimum atomic E-state index is 0. The molecule has 0 amide bonds. The zero-order valence-corrected chi connectivity index (χ0v) is 18.6. The number of nitrogens with two attached hydrogens (primary N) is 2. The zero-order valence-electron chi connectivity index (χ0n) is 17.0. The van der Waals surface area contributed by atoms with Gasteiger partial charge in [0.15, 0.2) is 24.8 Å². The van der Waals surface area contributed by atoms with Crippen LogP contribution in [-0.2, 0) is 0 Å². The maximum Gasteiger partial charge on any atom is 0.210 e. The summed E-state index contributed by atoms with van der Waals surface area (Å²) in [7, 11) is 0. The summed E-state index contributed by atoms with van der Waals surface area (Å²) in [6, 6.07) is 23.4. The van der Waals surface area contributed by atoms with Crippen molar-refractivity contribution in [2.45, 2.75) is 0 Å². The number of aromatic nitrogens is 2. The highest BCUT2D eigenvalue weighted by atomic mass is 35.5. The van der Waals surface area contributed by atoms with Gasteiger partial charge in [-0.3, -0.25) is 10.8 Å². The summed E-state index contributed by atoms with van der Waals surface area (Å²) >= 11 is 0. The fraction of sp³-hybridized carbons (Fsp3) is 0. The summed E-state index contributed by atoms with van der Waals surface area (Å²) in [6.45, 7) is 0. The van der Waals surface area contributed by atoms with E-state index in [1.54, 1.807) is 0 Å². The molecule has 0 radical (unpaired) electrons. The van der Waals surface area contributed by atoms with Gasteiger partial charge in [0.1, 0.15) is 11.7 Å². The van der Waals surface area contributed by atoms with Gasteiger partial charge in [-0.25, -0.2) is 0 Å². The van der Waals surface area contributed by atoms with Crippen molar-refractivity contribution < 1.29 is 33.9 Å². The molecule has 0 atom stereocenters. The Morgan fingerprint density at radius 1 is 0.500 bits per heavy atom. The fourth-order valence-electron chi connectivity index (χ4n) is 3.21. The molecule has 6 N–H and O–H groups in total. The largest absolute Gasteiger partial charge is 1.00 e. The Hall–Kier alpha value is -3.74. The van der Waals surface area contributed by atoms with Gasteiger partial charge in [0, 0.05) is 59.7 Å². The Labute approximate surface area is 199 Å². The molecule has 2 aromatic heterocycles. The topological polar surface area (TPSA) is 108 Å². The third-order valence-corrected chi connectivity index (χ3v) is 4.95. The van der Waals surface area contributed by atoms with Gasteiger partial charge in [0.2, 0.25) is 11.4 Å². The number of halogens is 2. The van der Waals surface area contributed by atoms with E-state index in [1.165, 1.54) is 0 Å². The lowest BCUT2D eigenvalue weighted by atomic mass is 10.1. The Bertz CT molecular complexity index is 1100. The number of rotatable bonds is 5. The third kappa shape index (κ3) is 5.29. The summed E-state index contributed by atoms with van der Waals surface area (Å²) in [4.78, 5) is 0. The molecule has 2 aromatic carbocycles. The Morgan fingerprint density at radius 2 is 0.781 bits per heavy atom. The molecule has 162 valence electrons. The molecular weight excluding hydrogens is 443 g/mol. The predicted octanol–water partition coefficient (Wildman–Crippen LogP) is -3.52. The van der Waals surface area contributed by atoms with E-state index >= 15 is 0 Å². The molecule has 8 heteroatoms. The molecule has 4 rings (SSSR count). The number of hydrogen-bond acceptors (Lipinski definition) is 2. The lowest BCUT2D eigenvalue weighted by Gasteiger charge is -2.02. The predicted molar refractivity (Wildman–Crippen MR) is 117 cm³/mol. The molecule has 0 aliphatic carbocycles. The van der Waals surface area contributed by atoms with E-state index in [0.29, 0.717) is 11.1 Å². The van der Waals surface area contributed by atoms with Gasteiger partial charge in [-0.05, 0) is 35.4 Å². The van der Waals surface area contributed by atoms with E-state index in [-0.39, 0.29) is 36.5 Å². The van der Waals surface area contributed by atoms with Crippen LogP contribution in [0.15, 0.2) is 97.6 Å². The number of nitrogens with zero attached hydrogens (tertiary/aromatic N) is 2. The highest BCUT2D eigenvalue weighted by molar-refractivity contribution is 5.95. The smallest absolute Gasteiger partial charge is 0.210 e. The quantitative estimate of drug-likeness (QED) is 0.139. The van der Waals surface area contributed by atoms with Crippen molar-refractivity contribution in [2.24, 2.45) is 11.5 Å². The van der Waals surface area contributed by atoms with Crippen LogP contribution in [0, 0.1) is 10.8 Å². The van der Waals surface area contributed by atoms with E-state index in [9.17, 15) is 0 Å². The summed E-state index contributed by atoms with van der Waals surface area (Å²) in [6.07, 6.45) is 8.05. The summed E-state index contributed by atoms with van der Waals surface area (Å²) in [5.41, 5.74) is 16.7. The first-order valence-corrected chi connectivity index (χ1v) is 9.44. The van der Waals surface area contributed by atoms with Gasteiger partial charge in [-0.1, -0.05) is 0 Å². The van der Waals surface area contributed by atoms with Crippen LogP contribution >= 0.6 is 0 Å². The first-order chi connectivity index (χ1) is 14.5. The number of nitrogens with one attached hydrogen (secondary N) is 2. The van der Waals surface area contributed by atoms with Gasteiger partial charge in [0.05, 0.1) is 0 Å². The van der Waals surface area contributed by atoms with Crippen molar-refractivity contribution in [2.75, 3.05) is 0 Å². The van der Waals surface area contributed by atoms with Gasteiger partial charge < -0.3 is 36.3 Å². The van der Waals surface area contributed by atoms with Crippen LogP contribution in [0.5, 0.6) is 0 Å². The molecule has 0 bridgehead atoms. The number of benzene rings is 2. The number of amidine groups is 2. The Balaban J connectivity index is 0.00000181. The molecule has 4 aromatic rings. The van der Waals surface area contributed by atoms with Crippen molar-refractivity contribution >= 4 is 11.7 Å². The van der Waals surface area contributed by atoms with Crippen LogP contribution in [0.1, 0.15) is 11.1 Å². The lowest BCUT2D eigenvalue weighted by molar-refractivity contribution is -0.596. The standard InChI is InChI=1S/C24H22N6.2ClH/c25-23(26)19-1-5-21(6-2-19)29-13-9-17(10-14-29)18-11-15-30(16-12-18)22-7-3-20(4-8-22)24(27)28;;/h1-16H,(H3,25,26)(H3,27,28);2*1H/q+2;;/p-2. The van der Waals surface area contributed by atoms with Crippen molar-refractivity contribution in [3.8, 4) is 22.5 Å². The van der Waals surface area contributed by atoms with Gasteiger partial charge in [0.25, 0.3) is 0 Å². The fourth-order valence-corrected chi connectivity index (χ4v) is 3.21. The monoisotopic (exact) mass is 464 g/mol. The molecule has 0 fully saturated rings. The third-order valence-electron chi connectivity index (χ3n) is 4.95.